The van der Waals surface area contributed by atoms with Gasteiger partial charge in [0.15, 0.2) is 0 Å². The van der Waals surface area contributed by atoms with E-state index in [1.807, 2.05) is 18.2 Å². The van der Waals surface area contributed by atoms with E-state index in [0.29, 0.717) is 5.82 Å². The summed E-state index contributed by atoms with van der Waals surface area (Å²) in [6.07, 6.45) is 0. The van der Waals surface area contributed by atoms with Crippen molar-refractivity contribution >= 4 is 11.0 Å². The van der Waals surface area contributed by atoms with Gasteiger partial charge < -0.3 is 9.67 Å². The van der Waals surface area contributed by atoms with Crippen LogP contribution in [-0.4, -0.2) is 14.7 Å². The molecule has 0 saturated heterocycles. The lowest BCUT2D eigenvalue weighted by Gasteiger charge is -2.18. The number of hydrogen-bond acceptors (Lipinski definition) is 2. The maximum atomic E-state index is 9.67. The quantitative estimate of drug-likeness (QED) is 0.793. The van der Waals surface area contributed by atoms with Crippen molar-refractivity contribution in [1.82, 2.24) is 9.55 Å². The van der Waals surface area contributed by atoms with Crippen LogP contribution in [0.15, 0.2) is 42.5 Å². The molecule has 3 aromatic rings. The van der Waals surface area contributed by atoms with E-state index in [4.69, 9.17) is 0 Å². The predicted molar refractivity (Wildman–Crippen MR) is 85.4 cm³/mol. The second-order valence-electron chi connectivity index (χ2n) is 5.57. The van der Waals surface area contributed by atoms with Crippen LogP contribution in [0.25, 0.3) is 11.0 Å². The Morgan fingerprint density at radius 3 is 2.43 bits per heavy atom. The summed E-state index contributed by atoms with van der Waals surface area (Å²) in [6, 6.07) is 14.7. The van der Waals surface area contributed by atoms with Gasteiger partial charge in [0.1, 0.15) is 12.4 Å². The lowest BCUT2D eigenvalue weighted by atomic mass is 10.1. The number of aliphatic hydroxyl groups is 1. The lowest BCUT2D eigenvalue weighted by molar-refractivity contribution is 0.264. The van der Waals surface area contributed by atoms with Crippen LogP contribution in [0.5, 0.6) is 0 Å². The lowest BCUT2D eigenvalue weighted by Crippen LogP contribution is -2.10. The first-order valence-electron chi connectivity index (χ1n) is 7.25. The minimum atomic E-state index is -0.0516. The van der Waals surface area contributed by atoms with E-state index in [9.17, 15) is 5.11 Å². The third-order valence-electron chi connectivity index (χ3n) is 4.19. The van der Waals surface area contributed by atoms with Crippen molar-refractivity contribution in [3.8, 4) is 0 Å². The molecule has 3 rings (SSSR count). The van der Waals surface area contributed by atoms with Crippen LogP contribution in [0.2, 0.25) is 0 Å². The third-order valence-corrected chi connectivity index (χ3v) is 4.19. The summed E-state index contributed by atoms with van der Waals surface area (Å²) in [6.45, 7) is 6.29. The Bertz CT molecular complexity index is 775. The molecule has 0 aliphatic carbocycles. The van der Waals surface area contributed by atoms with Crippen LogP contribution in [0.3, 0.4) is 0 Å². The van der Waals surface area contributed by atoms with E-state index in [1.54, 1.807) is 0 Å². The second-order valence-corrected chi connectivity index (χ2v) is 5.57. The monoisotopic (exact) mass is 280 g/mol. The Kier molecular flexibility index (Phi) is 3.52. The highest BCUT2D eigenvalue weighted by atomic mass is 16.3. The molecule has 0 amide bonds. The van der Waals surface area contributed by atoms with Gasteiger partial charge in [0, 0.05) is 0 Å². The smallest absolute Gasteiger partial charge is 0.136 e. The van der Waals surface area contributed by atoms with E-state index in [-0.39, 0.29) is 12.6 Å². The number of imidazole rings is 1. The van der Waals surface area contributed by atoms with Crippen LogP contribution in [0.1, 0.15) is 35.5 Å². The van der Waals surface area contributed by atoms with Crippen molar-refractivity contribution in [3.05, 3.63) is 65.0 Å². The molecule has 0 bridgehead atoms. The van der Waals surface area contributed by atoms with Gasteiger partial charge in [-0.25, -0.2) is 4.98 Å². The third kappa shape index (κ3) is 2.34. The number of aliphatic hydroxyl groups excluding tert-OH is 1. The molecule has 1 aromatic heterocycles. The molecule has 0 aliphatic rings. The van der Waals surface area contributed by atoms with E-state index < -0.39 is 0 Å². The summed E-state index contributed by atoms with van der Waals surface area (Å²) >= 11 is 0. The summed E-state index contributed by atoms with van der Waals surface area (Å²) in [7, 11) is 0. The van der Waals surface area contributed by atoms with Crippen LogP contribution in [-0.2, 0) is 6.61 Å². The molecular formula is C18H20N2O. The first kappa shape index (κ1) is 13.8. The number of aryl methyl sites for hydroxylation is 2. The Labute approximate surface area is 124 Å². The van der Waals surface area contributed by atoms with E-state index in [1.165, 1.54) is 16.7 Å². The number of hydrogen-bond donors (Lipinski definition) is 1. The molecule has 1 heterocycles. The Balaban J connectivity index is 2.23. The van der Waals surface area contributed by atoms with Gasteiger partial charge in [-0.3, -0.25) is 0 Å². The molecule has 3 heteroatoms. The van der Waals surface area contributed by atoms with Gasteiger partial charge in [0.2, 0.25) is 0 Å². The Morgan fingerprint density at radius 1 is 1.10 bits per heavy atom. The molecule has 0 aliphatic heterocycles. The molecule has 108 valence electrons. The maximum absolute atomic E-state index is 9.67. The summed E-state index contributed by atoms with van der Waals surface area (Å²) in [5.74, 6) is 0.714. The molecule has 3 nitrogen and oxygen atoms in total. The van der Waals surface area contributed by atoms with Crippen molar-refractivity contribution < 1.29 is 5.11 Å². The summed E-state index contributed by atoms with van der Waals surface area (Å²) in [5, 5.41) is 9.67. The van der Waals surface area contributed by atoms with E-state index in [0.717, 1.165) is 11.0 Å². The largest absolute Gasteiger partial charge is 0.388 e. The molecule has 0 saturated carbocycles. The van der Waals surface area contributed by atoms with Crippen LogP contribution in [0.4, 0.5) is 0 Å². The first-order chi connectivity index (χ1) is 10.1. The van der Waals surface area contributed by atoms with Crippen LogP contribution < -0.4 is 0 Å². The molecule has 2 aromatic carbocycles. The average molecular weight is 280 g/mol. The van der Waals surface area contributed by atoms with Crippen LogP contribution in [0, 0.1) is 13.8 Å². The highest BCUT2D eigenvalue weighted by molar-refractivity contribution is 5.78. The standard InChI is InChI=1S/C18H20N2O/c1-12-9-16-17(10-13(12)2)20(18(11-21)19-16)14(3)15-7-5-4-6-8-15/h4-10,14,21H,11H2,1-3H3. The zero-order valence-corrected chi connectivity index (χ0v) is 12.7. The SMILES string of the molecule is Cc1cc2nc(CO)n(C(C)c3ccccc3)c2cc1C. The van der Waals surface area contributed by atoms with Gasteiger partial charge >= 0.3 is 0 Å². The molecule has 1 unspecified atom stereocenters. The second kappa shape index (κ2) is 5.34. The van der Waals surface area contributed by atoms with Gasteiger partial charge in [-0.1, -0.05) is 30.3 Å². The molecule has 0 spiro atoms. The van der Waals surface area contributed by atoms with Gasteiger partial charge in [0.25, 0.3) is 0 Å². The molecule has 1 N–H and O–H groups in total. The number of benzene rings is 2. The predicted octanol–water partition coefficient (Wildman–Crippen LogP) is 3.75. The van der Waals surface area contributed by atoms with Gasteiger partial charge in [-0.05, 0) is 49.6 Å². The molecule has 0 fully saturated rings. The van der Waals surface area contributed by atoms with E-state index in [2.05, 4.69) is 54.6 Å². The summed E-state index contributed by atoms with van der Waals surface area (Å²) in [4.78, 5) is 4.59. The molecule has 21 heavy (non-hydrogen) atoms. The number of fused-ring (bicyclic) bond motifs is 1. The van der Waals surface area contributed by atoms with Crippen molar-refractivity contribution in [3.63, 3.8) is 0 Å². The minimum Gasteiger partial charge on any atom is -0.388 e. The Morgan fingerprint density at radius 2 is 1.76 bits per heavy atom. The van der Waals surface area contributed by atoms with Gasteiger partial charge in [-0.2, -0.15) is 0 Å². The summed E-state index contributed by atoms with van der Waals surface area (Å²) < 4.78 is 2.14. The van der Waals surface area contributed by atoms with Crippen molar-refractivity contribution in [1.29, 1.82) is 0 Å². The molecular weight excluding hydrogens is 260 g/mol. The fourth-order valence-corrected chi connectivity index (χ4v) is 2.82. The zero-order valence-electron chi connectivity index (χ0n) is 12.7. The van der Waals surface area contributed by atoms with E-state index >= 15 is 0 Å². The molecule has 0 radical (unpaired) electrons. The van der Waals surface area contributed by atoms with Gasteiger partial charge in [0.05, 0.1) is 17.1 Å². The van der Waals surface area contributed by atoms with Crippen molar-refractivity contribution in [2.24, 2.45) is 0 Å². The molecule has 1 atom stereocenters. The first-order valence-corrected chi connectivity index (χ1v) is 7.25. The highest BCUT2D eigenvalue weighted by Gasteiger charge is 2.17. The zero-order chi connectivity index (χ0) is 15.0. The topological polar surface area (TPSA) is 38.1 Å². The number of nitrogens with zero attached hydrogens (tertiary/aromatic N) is 2. The van der Waals surface area contributed by atoms with Crippen molar-refractivity contribution in [2.45, 2.75) is 33.4 Å². The number of aromatic nitrogens is 2. The fourth-order valence-electron chi connectivity index (χ4n) is 2.82. The fraction of sp³-hybridized carbons (Fsp3) is 0.278. The number of rotatable bonds is 3. The minimum absolute atomic E-state index is 0.0516. The normalized spacial score (nSPS) is 12.8. The Hall–Kier alpha value is -2.13. The summed E-state index contributed by atoms with van der Waals surface area (Å²) in [5.41, 5.74) is 5.71. The highest BCUT2D eigenvalue weighted by Crippen LogP contribution is 2.27. The average Bonchev–Trinajstić information content (AvgIpc) is 2.85. The van der Waals surface area contributed by atoms with Gasteiger partial charge in [-0.15, -0.1) is 0 Å². The van der Waals surface area contributed by atoms with Crippen LogP contribution >= 0.6 is 0 Å². The van der Waals surface area contributed by atoms with Crippen molar-refractivity contribution in [2.75, 3.05) is 0 Å². The maximum Gasteiger partial charge on any atom is 0.136 e.